The average Bonchev–Trinajstić information content (AvgIpc) is 2.27. The molecule has 0 aromatic heterocycles. The molecule has 2 rings (SSSR count). The van der Waals surface area contributed by atoms with Crippen molar-refractivity contribution in [2.75, 3.05) is 6.61 Å². The van der Waals surface area contributed by atoms with Crippen LogP contribution in [0.25, 0.3) is 0 Å². The normalized spacial score (nSPS) is 24.1. The van der Waals surface area contributed by atoms with Gasteiger partial charge in [0.15, 0.2) is 0 Å². The lowest BCUT2D eigenvalue weighted by Gasteiger charge is -2.37. The lowest BCUT2D eigenvalue weighted by Crippen LogP contribution is -2.47. The van der Waals surface area contributed by atoms with Crippen molar-refractivity contribution in [3.8, 4) is 0 Å². The molecule has 1 aromatic carbocycles. The van der Waals surface area contributed by atoms with Gasteiger partial charge in [0.25, 0.3) is 0 Å². The van der Waals surface area contributed by atoms with Crippen LogP contribution in [-0.2, 0) is 11.2 Å². The highest BCUT2D eigenvalue weighted by atomic mass is 35.5. The molecule has 2 atom stereocenters. The molecule has 1 heterocycles. The van der Waals surface area contributed by atoms with E-state index in [-0.39, 0.29) is 5.60 Å². The number of hydrogen-bond acceptors (Lipinski definition) is 2. The lowest BCUT2D eigenvalue weighted by atomic mass is 9.93. The van der Waals surface area contributed by atoms with Gasteiger partial charge in [0.1, 0.15) is 0 Å². The maximum atomic E-state index is 6.02. The van der Waals surface area contributed by atoms with Crippen molar-refractivity contribution in [3.63, 3.8) is 0 Å². The molecule has 1 aromatic rings. The number of halogens is 1. The van der Waals surface area contributed by atoms with Gasteiger partial charge < -0.3 is 10.1 Å². The summed E-state index contributed by atoms with van der Waals surface area (Å²) >= 11 is 6.02. The zero-order valence-electron chi connectivity index (χ0n) is 12.1. The maximum Gasteiger partial charge on any atom is 0.0641 e. The van der Waals surface area contributed by atoms with Crippen LogP contribution in [0.15, 0.2) is 24.3 Å². The standard InChI is InChI=1S/C16H24ClNO/c1-12(9-13-5-4-6-14(17)10-13)18-15-7-8-19-16(2,3)11-15/h4-6,10,12,15,18H,7-9,11H2,1-3H3. The molecule has 0 aliphatic carbocycles. The third-order valence-corrected chi connectivity index (χ3v) is 3.88. The van der Waals surface area contributed by atoms with Gasteiger partial charge in [-0.1, -0.05) is 23.7 Å². The van der Waals surface area contributed by atoms with Gasteiger partial charge in [0, 0.05) is 23.7 Å². The third-order valence-electron chi connectivity index (χ3n) is 3.65. The quantitative estimate of drug-likeness (QED) is 0.906. The van der Waals surface area contributed by atoms with E-state index in [1.54, 1.807) is 0 Å². The molecule has 1 N–H and O–H groups in total. The fourth-order valence-corrected chi connectivity index (χ4v) is 3.07. The second-order valence-electron chi connectivity index (χ2n) is 6.20. The van der Waals surface area contributed by atoms with Crippen molar-refractivity contribution in [3.05, 3.63) is 34.9 Å². The van der Waals surface area contributed by atoms with Gasteiger partial charge in [-0.15, -0.1) is 0 Å². The second kappa shape index (κ2) is 6.25. The minimum absolute atomic E-state index is 0.00565. The Morgan fingerprint density at radius 2 is 2.26 bits per heavy atom. The summed E-state index contributed by atoms with van der Waals surface area (Å²) in [5.41, 5.74) is 1.30. The predicted molar refractivity (Wildman–Crippen MR) is 80.8 cm³/mol. The first kappa shape index (κ1) is 14.8. The molecule has 1 saturated heterocycles. The molecular weight excluding hydrogens is 258 g/mol. The number of ether oxygens (including phenoxy) is 1. The molecule has 1 fully saturated rings. The van der Waals surface area contributed by atoms with E-state index in [0.29, 0.717) is 12.1 Å². The molecule has 106 valence electrons. The number of benzene rings is 1. The van der Waals surface area contributed by atoms with Crippen molar-refractivity contribution >= 4 is 11.6 Å². The van der Waals surface area contributed by atoms with Crippen LogP contribution >= 0.6 is 11.6 Å². The van der Waals surface area contributed by atoms with Crippen LogP contribution in [-0.4, -0.2) is 24.3 Å². The predicted octanol–water partition coefficient (Wildman–Crippen LogP) is 3.82. The monoisotopic (exact) mass is 281 g/mol. The molecule has 19 heavy (non-hydrogen) atoms. The molecule has 1 aliphatic heterocycles. The summed E-state index contributed by atoms with van der Waals surface area (Å²) in [4.78, 5) is 0. The molecular formula is C16H24ClNO. The van der Waals surface area contributed by atoms with E-state index in [0.717, 1.165) is 30.9 Å². The minimum Gasteiger partial charge on any atom is -0.375 e. The Hall–Kier alpha value is -0.570. The fourth-order valence-electron chi connectivity index (χ4n) is 2.85. The molecule has 1 aliphatic rings. The summed E-state index contributed by atoms with van der Waals surface area (Å²) in [5, 5.41) is 4.54. The van der Waals surface area contributed by atoms with Crippen molar-refractivity contribution < 1.29 is 4.74 Å². The molecule has 0 radical (unpaired) electrons. The highest BCUT2D eigenvalue weighted by molar-refractivity contribution is 6.30. The number of hydrogen-bond donors (Lipinski definition) is 1. The van der Waals surface area contributed by atoms with Crippen LogP contribution in [0.3, 0.4) is 0 Å². The zero-order valence-corrected chi connectivity index (χ0v) is 12.8. The third kappa shape index (κ3) is 4.79. The molecule has 3 heteroatoms. The lowest BCUT2D eigenvalue weighted by molar-refractivity contribution is -0.0639. The van der Waals surface area contributed by atoms with E-state index < -0.39 is 0 Å². The number of nitrogens with one attached hydrogen (secondary N) is 1. The molecule has 2 nitrogen and oxygen atoms in total. The van der Waals surface area contributed by atoms with Crippen LogP contribution in [0, 0.1) is 0 Å². The Balaban J connectivity index is 1.85. The Labute approximate surface area is 121 Å². The summed E-state index contributed by atoms with van der Waals surface area (Å²) in [6.07, 6.45) is 3.19. The Bertz CT molecular complexity index is 419. The van der Waals surface area contributed by atoms with Gasteiger partial charge >= 0.3 is 0 Å². The first-order chi connectivity index (χ1) is 8.94. The van der Waals surface area contributed by atoms with Crippen molar-refractivity contribution in [1.82, 2.24) is 5.32 Å². The van der Waals surface area contributed by atoms with E-state index in [1.165, 1.54) is 5.56 Å². The summed E-state index contributed by atoms with van der Waals surface area (Å²) in [6.45, 7) is 7.43. The molecule has 0 bridgehead atoms. The average molecular weight is 282 g/mol. The topological polar surface area (TPSA) is 21.3 Å². The van der Waals surface area contributed by atoms with Crippen LogP contribution in [0.1, 0.15) is 39.2 Å². The Morgan fingerprint density at radius 1 is 1.47 bits per heavy atom. The van der Waals surface area contributed by atoms with Crippen molar-refractivity contribution in [1.29, 1.82) is 0 Å². The zero-order chi connectivity index (χ0) is 13.9. The van der Waals surface area contributed by atoms with Crippen LogP contribution in [0.2, 0.25) is 5.02 Å². The summed E-state index contributed by atoms with van der Waals surface area (Å²) in [6, 6.07) is 9.13. The second-order valence-corrected chi connectivity index (χ2v) is 6.64. The minimum atomic E-state index is 0.00565. The van der Waals surface area contributed by atoms with Gasteiger partial charge in [0.05, 0.1) is 5.60 Å². The Morgan fingerprint density at radius 3 is 2.95 bits per heavy atom. The smallest absolute Gasteiger partial charge is 0.0641 e. The first-order valence-corrected chi connectivity index (χ1v) is 7.47. The van der Waals surface area contributed by atoms with E-state index in [4.69, 9.17) is 16.3 Å². The summed E-state index contributed by atoms with van der Waals surface area (Å²) in [5.74, 6) is 0. The first-order valence-electron chi connectivity index (χ1n) is 7.09. The van der Waals surface area contributed by atoms with Crippen LogP contribution in [0.5, 0.6) is 0 Å². The van der Waals surface area contributed by atoms with E-state index in [9.17, 15) is 0 Å². The largest absolute Gasteiger partial charge is 0.375 e. The summed E-state index contributed by atoms with van der Waals surface area (Å²) < 4.78 is 5.75. The SMILES string of the molecule is CC(Cc1cccc(Cl)c1)NC1CCOC(C)(C)C1. The van der Waals surface area contributed by atoms with Gasteiger partial charge in [0.2, 0.25) is 0 Å². The van der Waals surface area contributed by atoms with Gasteiger partial charge in [-0.25, -0.2) is 0 Å². The van der Waals surface area contributed by atoms with Crippen LogP contribution in [0.4, 0.5) is 0 Å². The van der Waals surface area contributed by atoms with E-state index in [1.807, 2.05) is 18.2 Å². The molecule has 0 saturated carbocycles. The van der Waals surface area contributed by atoms with Crippen molar-refractivity contribution in [2.45, 2.75) is 57.7 Å². The van der Waals surface area contributed by atoms with Gasteiger partial charge in [-0.05, 0) is 57.7 Å². The van der Waals surface area contributed by atoms with E-state index >= 15 is 0 Å². The van der Waals surface area contributed by atoms with Crippen LogP contribution < -0.4 is 5.32 Å². The maximum absolute atomic E-state index is 6.02. The molecule has 2 unspecified atom stereocenters. The highest BCUT2D eigenvalue weighted by Gasteiger charge is 2.29. The summed E-state index contributed by atoms with van der Waals surface area (Å²) in [7, 11) is 0. The van der Waals surface area contributed by atoms with E-state index in [2.05, 4.69) is 32.2 Å². The van der Waals surface area contributed by atoms with Crippen molar-refractivity contribution in [2.24, 2.45) is 0 Å². The fraction of sp³-hybridized carbons (Fsp3) is 0.625. The molecule has 0 amide bonds. The number of rotatable bonds is 4. The molecule has 0 spiro atoms. The van der Waals surface area contributed by atoms with Gasteiger partial charge in [-0.2, -0.15) is 0 Å². The van der Waals surface area contributed by atoms with Gasteiger partial charge in [-0.3, -0.25) is 0 Å². The Kier molecular flexibility index (Phi) is 4.88. The highest BCUT2D eigenvalue weighted by Crippen LogP contribution is 2.24.